The monoisotopic (exact) mass is 319 g/mol. The van der Waals surface area contributed by atoms with Crippen LogP contribution >= 0.6 is 0 Å². The predicted octanol–water partition coefficient (Wildman–Crippen LogP) is 4.84. The highest BCUT2D eigenvalue weighted by molar-refractivity contribution is 5.37. The van der Waals surface area contributed by atoms with Crippen molar-refractivity contribution in [2.75, 3.05) is 13.6 Å². The van der Waals surface area contributed by atoms with E-state index < -0.39 is 5.92 Å². The summed E-state index contributed by atoms with van der Waals surface area (Å²) in [5.41, 5.74) is 1.65. The molecule has 0 aliphatic heterocycles. The van der Waals surface area contributed by atoms with Crippen molar-refractivity contribution in [3.8, 4) is 5.75 Å². The van der Waals surface area contributed by atoms with Gasteiger partial charge in [-0.15, -0.1) is 0 Å². The number of benzene rings is 2. The number of aryl methyl sites for hydroxylation is 1. The molecule has 1 N–H and O–H groups in total. The largest absolute Gasteiger partial charge is 0.486 e. The smallest absolute Gasteiger partial charge is 0.270 e. The van der Waals surface area contributed by atoms with E-state index in [2.05, 4.69) is 5.32 Å². The van der Waals surface area contributed by atoms with Gasteiger partial charge in [-0.05, 0) is 49.8 Å². The maximum atomic E-state index is 13.5. The lowest BCUT2D eigenvalue weighted by Crippen LogP contribution is -2.16. The molecule has 0 bridgehead atoms. The Hall–Kier alpha value is -1.94. The molecule has 2 nitrogen and oxygen atoms in total. The molecule has 0 fully saturated rings. The van der Waals surface area contributed by atoms with Gasteiger partial charge in [-0.25, -0.2) is 8.78 Å². The Balaban J connectivity index is 2.21. The maximum Gasteiger partial charge on any atom is 0.270 e. The SMILES string of the molecule is CNCCC(Oc1ccc(C(C)(F)F)c(C)c1)c1ccccc1. The Kier molecular flexibility index (Phi) is 5.72. The van der Waals surface area contributed by atoms with Gasteiger partial charge < -0.3 is 10.1 Å². The number of halogens is 2. The molecule has 0 amide bonds. The molecular formula is C19H23F2NO. The summed E-state index contributed by atoms with van der Waals surface area (Å²) in [6.45, 7) is 3.41. The van der Waals surface area contributed by atoms with Crippen LogP contribution in [-0.4, -0.2) is 13.6 Å². The van der Waals surface area contributed by atoms with E-state index in [1.54, 1.807) is 19.1 Å². The van der Waals surface area contributed by atoms with E-state index in [9.17, 15) is 8.78 Å². The third-order valence-electron chi connectivity index (χ3n) is 3.78. The highest BCUT2D eigenvalue weighted by Crippen LogP contribution is 2.33. The molecule has 1 unspecified atom stereocenters. The van der Waals surface area contributed by atoms with Gasteiger partial charge in [0.25, 0.3) is 5.92 Å². The van der Waals surface area contributed by atoms with Crippen LogP contribution in [0.25, 0.3) is 0 Å². The Labute approximate surface area is 136 Å². The van der Waals surface area contributed by atoms with Gasteiger partial charge in [-0.3, -0.25) is 0 Å². The van der Waals surface area contributed by atoms with Gasteiger partial charge in [0.05, 0.1) is 0 Å². The van der Waals surface area contributed by atoms with Crippen molar-refractivity contribution in [1.82, 2.24) is 5.32 Å². The van der Waals surface area contributed by atoms with Crippen LogP contribution in [-0.2, 0) is 5.92 Å². The first-order valence-electron chi connectivity index (χ1n) is 7.77. The molecular weight excluding hydrogens is 296 g/mol. The first kappa shape index (κ1) is 17.4. The fourth-order valence-corrected chi connectivity index (χ4v) is 2.60. The van der Waals surface area contributed by atoms with E-state index in [0.717, 1.165) is 25.5 Å². The minimum absolute atomic E-state index is 0.0383. The van der Waals surface area contributed by atoms with E-state index in [-0.39, 0.29) is 11.7 Å². The molecule has 0 saturated heterocycles. The zero-order chi connectivity index (χ0) is 16.9. The van der Waals surface area contributed by atoms with Crippen molar-refractivity contribution in [2.45, 2.75) is 32.3 Å². The molecule has 1 atom stereocenters. The quantitative estimate of drug-likeness (QED) is 0.789. The molecule has 4 heteroatoms. The summed E-state index contributed by atoms with van der Waals surface area (Å²) in [5, 5.41) is 3.11. The van der Waals surface area contributed by atoms with Crippen LogP contribution in [0.2, 0.25) is 0 Å². The molecule has 0 aromatic heterocycles. The van der Waals surface area contributed by atoms with Gasteiger partial charge in [0.2, 0.25) is 0 Å². The molecule has 0 aliphatic rings. The summed E-state index contributed by atoms with van der Waals surface area (Å²) in [6, 6.07) is 14.7. The van der Waals surface area contributed by atoms with Crippen LogP contribution in [0.3, 0.4) is 0 Å². The molecule has 124 valence electrons. The van der Waals surface area contributed by atoms with E-state index in [0.29, 0.717) is 11.3 Å². The predicted molar refractivity (Wildman–Crippen MR) is 89.1 cm³/mol. The fraction of sp³-hybridized carbons (Fsp3) is 0.368. The molecule has 2 aromatic carbocycles. The molecule has 2 rings (SSSR count). The average Bonchev–Trinajstić information content (AvgIpc) is 2.51. The zero-order valence-corrected chi connectivity index (χ0v) is 13.8. The molecule has 2 aromatic rings. The highest BCUT2D eigenvalue weighted by Gasteiger charge is 2.26. The minimum atomic E-state index is -2.84. The van der Waals surface area contributed by atoms with E-state index in [4.69, 9.17) is 4.74 Å². The number of ether oxygens (including phenoxy) is 1. The van der Waals surface area contributed by atoms with Gasteiger partial charge in [-0.2, -0.15) is 0 Å². The normalized spacial score (nSPS) is 12.9. The lowest BCUT2D eigenvalue weighted by Gasteiger charge is -2.21. The molecule has 0 radical (unpaired) electrons. The summed E-state index contributed by atoms with van der Waals surface area (Å²) in [6.07, 6.45) is 0.682. The van der Waals surface area contributed by atoms with Crippen molar-refractivity contribution in [3.63, 3.8) is 0 Å². The Morgan fingerprint density at radius 2 is 1.83 bits per heavy atom. The first-order valence-corrected chi connectivity index (χ1v) is 7.77. The van der Waals surface area contributed by atoms with Crippen molar-refractivity contribution in [2.24, 2.45) is 0 Å². The number of hydrogen-bond donors (Lipinski definition) is 1. The molecule has 0 spiro atoms. The summed E-state index contributed by atoms with van der Waals surface area (Å²) in [5.74, 6) is -2.23. The standard InChI is InChI=1S/C19H23F2NO/c1-14-13-16(9-10-17(14)19(2,20)21)23-18(11-12-22-3)15-7-5-4-6-8-15/h4-10,13,18,22H,11-12H2,1-3H3. The number of rotatable bonds is 7. The third-order valence-corrected chi connectivity index (χ3v) is 3.78. The fourth-order valence-electron chi connectivity index (χ4n) is 2.60. The topological polar surface area (TPSA) is 21.3 Å². The van der Waals surface area contributed by atoms with Gasteiger partial charge in [0.1, 0.15) is 11.9 Å². The molecule has 0 saturated carbocycles. The second-order valence-corrected chi connectivity index (χ2v) is 5.77. The van der Waals surface area contributed by atoms with Crippen molar-refractivity contribution in [1.29, 1.82) is 0 Å². The average molecular weight is 319 g/mol. The Morgan fingerprint density at radius 1 is 1.13 bits per heavy atom. The van der Waals surface area contributed by atoms with Gasteiger partial charge in [0.15, 0.2) is 0 Å². The lowest BCUT2D eigenvalue weighted by molar-refractivity contribution is 0.0167. The summed E-state index contributed by atoms with van der Waals surface area (Å²) >= 11 is 0. The summed E-state index contributed by atoms with van der Waals surface area (Å²) < 4.78 is 33.1. The number of hydrogen-bond acceptors (Lipinski definition) is 2. The zero-order valence-electron chi connectivity index (χ0n) is 13.8. The molecule has 0 aliphatic carbocycles. The molecule has 0 heterocycles. The second-order valence-electron chi connectivity index (χ2n) is 5.77. The summed E-state index contributed by atoms with van der Waals surface area (Å²) in [7, 11) is 1.89. The Bertz CT molecular complexity index is 623. The van der Waals surface area contributed by atoms with Gasteiger partial charge in [0, 0.05) is 18.9 Å². The van der Waals surface area contributed by atoms with E-state index >= 15 is 0 Å². The minimum Gasteiger partial charge on any atom is -0.486 e. The maximum absolute atomic E-state index is 13.5. The first-order chi connectivity index (χ1) is 10.9. The van der Waals surface area contributed by atoms with Crippen molar-refractivity contribution in [3.05, 3.63) is 65.2 Å². The Morgan fingerprint density at radius 3 is 2.39 bits per heavy atom. The third kappa shape index (κ3) is 4.76. The molecule has 23 heavy (non-hydrogen) atoms. The summed E-state index contributed by atoms with van der Waals surface area (Å²) in [4.78, 5) is 0. The highest BCUT2D eigenvalue weighted by atomic mass is 19.3. The van der Waals surface area contributed by atoms with Crippen LogP contribution in [0.5, 0.6) is 5.75 Å². The van der Waals surface area contributed by atoms with Crippen molar-refractivity contribution < 1.29 is 13.5 Å². The van der Waals surface area contributed by atoms with E-state index in [1.165, 1.54) is 6.07 Å². The van der Waals surface area contributed by atoms with Crippen LogP contribution in [0, 0.1) is 6.92 Å². The van der Waals surface area contributed by atoms with Crippen molar-refractivity contribution >= 4 is 0 Å². The van der Waals surface area contributed by atoms with Crippen LogP contribution in [0.4, 0.5) is 8.78 Å². The van der Waals surface area contributed by atoms with E-state index in [1.807, 2.05) is 37.4 Å². The van der Waals surface area contributed by atoms with Crippen LogP contribution < -0.4 is 10.1 Å². The van der Waals surface area contributed by atoms with Gasteiger partial charge in [-0.1, -0.05) is 30.3 Å². The second kappa shape index (κ2) is 7.55. The number of nitrogens with one attached hydrogen (secondary N) is 1. The van der Waals surface area contributed by atoms with Crippen LogP contribution in [0.1, 0.15) is 36.1 Å². The lowest BCUT2D eigenvalue weighted by atomic mass is 10.0. The van der Waals surface area contributed by atoms with Gasteiger partial charge >= 0.3 is 0 Å². The van der Waals surface area contributed by atoms with Crippen LogP contribution in [0.15, 0.2) is 48.5 Å². The number of alkyl halides is 2.